The zero-order valence-electron chi connectivity index (χ0n) is 14.0. The highest BCUT2D eigenvalue weighted by atomic mass is 16.2. The lowest BCUT2D eigenvalue weighted by molar-refractivity contribution is -0.129. The molecule has 1 aliphatic rings. The summed E-state index contributed by atoms with van der Waals surface area (Å²) in [7, 11) is 4.10. The summed E-state index contributed by atoms with van der Waals surface area (Å²) >= 11 is 0. The summed E-state index contributed by atoms with van der Waals surface area (Å²) in [5.41, 5.74) is 0.950. The van der Waals surface area contributed by atoms with E-state index >= 15 is 0 Å². The molecule has 0 bridgehead atoms. The van der Waals surface area contributed by atoms with Crippen molar-refractivity contribution in [1.82, 2.24) is 19.8 Å². The van der Waals surface area contributed by atoms with E-state index in [2.05, 4.69) is 25.1 Å². The number of nitrogens with one attached hydrogen (secondary N) is 1. The number of anilines is 2. The average molecular weight is 306 g/mol. The van der Waals surface area contributed by atoms with Crippen molar-refractivity contribution in [3.63, 3.8) is 0 Å². The Kier molecular flexibility index (Phi) is 5.54. The van der Waals surface area contributed by atoms with Gasteiger partial charge in [0.25, 0.3) is 0 Å². The molecule has 0 aliphatic carbocycles. The molecule has 1 aromatic heterocycles. The van der Waals surface area contributed by atoms with Crippen LogP contribution in [0.25, 0.3) is 0 Å². The number of piperazine rings is 1. The van der Waals surface area contributed by atoms with E-state index in [1.54, 1.807) is 6.92 Å². The van der Waals surface area contributed by atoms with Gasteiger partial charge in [0.15, 0.2) is 0 Å². The van der Waals surface area contributed by atoms with E-state index in [9.17, 15) is 4.79 Å². The number of amides is 1. The summed E-state index contributed by atoms with van der Waals surface area (Å²) in [6.45, 7) is 8.42. The van der Waals surface area contributed by atoms with Crippen molar-refractivity contribution in [2.45, 2.75) is 13.8 Å². The zero-order valence-corrected chi connectivity index (χ0v) is 14.0. The lowest BCUT2D eigenvalue weighted by Gasteiger charge is -2.34. The molecular formula is C15H26N6O. The van der Waals surface area contributed by atoms with Crippen molar-refractivity contribution < 1.29 is 4.79 Å². The Labute approximate surface area is 132 Å². The van der Waals surface area contributed by atoms with Crippen LogP contribution in [-0.4, -0.2) is 79.0 Å². The van der Waals surface area contributed by atoms with Gasteiger partial charge in [-0.05, 0) is 21.0 Å². The zero-order chi connectivity index (χ0) is 16.1. The molecule has 0 unspecified atom stereocenters. The van der Waals surface area contributed by atoms with E-state index in [0.717, 1.165) is 56.7 Å². The van der Waals surface area contributed by atoms with Crippen molar-refractivity contribution in [2.24, 2.45) is 0 Å². The highest BCUT2D eigenvalue weighted by Crippen LogP contribution is 2.15. The molecule has 0 spiro atoms. The van der Waals surface area contributed by atoms with Gasteiger partial charge < -0.3 is 20.0 Å². The molecule has 2 rings (SSSR count). The fourth-order valence-corrected chi connectivity index (χ4v) is 2.41. The second-order valence-electron chi connectivity index (χ2n) is 5.92. The second-order valence-corrected chi connectivity index (χ2v) is 5.92. The van der Waals surface area contributed by atoms with Crippen LogP contribution < -0.4 is 10.2 Å². The molecule has 2 heterocycles. The van der Waals surface area contributed by atoms with Gasteiger partial charge >= 0.3 is 0 Å². The van der Waals surface area contributed by atoms with Crippen LogP contribution in [0, 0.1) is 6.92 Å². The maximum absolute atomic E-state index is 11.4. The molecule has 1 amide bonds. The summed E-state index contributed by atoms with van der Waals surface area (Å²) in [6.07, 6.45) is 0. The number of rotatable bonds is 5. The van der Waals surface area contributed by atoms with Crippen molar-refractivity contribution in [3.05, 3.63) is 11.8 Å². The van der Waals surface area contributed by atoms with Gasteiger partial charge in [-0.15, -0.1) is 0 Å². The molecule has 7 nitrogen and oxygen atoms in total. The Morgan fingerprint density at radius 2 is 1.95 bits per heavy atom. The maximum Gasteiger partial charge on any atom is 0.227 e. The topological polar surface area (TPSA) is 64.6 Å². The van der Waals surface area contributed by atoms with Crippen LogP contribution in [0.1, 0.15) is 12.6 Å². The number of carbonyl (C=O) groups is 1. The summed E-state index contributed by atoms with van der Waals surface area (Å²) in [5.74, 6) is 1.74. The molecule has 0 aromatic carbocycles. The van der Waals surface area contributed by atoms with Crippen LogP contribution in [0.2, 0.25) is 0 Å². The van der Waals surface area contributed by atoms with Gasteiger partial charge in [0, 0.05) is 58.0 Å². The average Bonchev–Trinajstić information content (AvgIpc) is 2.46. The first-order chi connectivity index (χ1) is 10.5. The third kappa shape index (κ3) is 4.56. The van der Waals surface area contributed by atoms with Crippen LogP contribution in [0.4, 0.5) is 11.8 Å². The van der Waals surface area contributed by atoms with Crippen LogP contribution in [-0.2, 0) is 4.79 Å². The van der Waals surface area contributed by atoms with E-state index < -0.39 is 0 Å². The normalized spacial score (nSPS) is 15.3. The first-order valence-electron chi connectivity index (χ1n) is 7.70. The van der Waals surface area contributed by atoms with Gasteiger partial charge in [0.1, 0.15) is 5.82 Å². The van der Waals surface area contributed by atoms with E-state index in [4.69, 9.17) is 0 Å². The number of aryl methyl sites for hydroxylation is 1. The number of nitrogens with zero attached hydrogens (tertiary/aromatic N) is 5. The molecule has 1 saturated heterocycles. The summed E-state index contributed by atoms with van der Waals surface area (Å²) in [4.78, 5) is 26.7. The van der Waals surface area contributed by atoms with Crippen LogP contribution in [0.15, 0.2) is 6.07 Å². The van der Waals surface area contributed by atoms with Crippen LogP contribution in [0.3, 0.4) is 0 Å². The quantitative estimate of drug-likeness (QED) is 0.851. The number of likely N-dealkylation sites (N-methyl/N-ethyl adjacent to an activating group) is 1. The highest BCUT2D eigenvalue weighted by Gasteiger charge is 2.20. The monoisotopic (exact) mass is 306 g/mol. The van der Waals surface area contributed by atoms with Crippen LogP contribution in [0.5, 0.6) is 0 Å². The molecule has 1 aromatic rings. The smallest absolute Gasteiger partial charge is 0.227 e. The fraction of sp³-hybridized carbons (Fsp3) is 0.667. The maximum atomic E-state index is 11.4. The third-order valence-corrected chi connectivity index (χ3v) is 3.72. The first kappa shape index (κ1) is 16.5. The lowest BCUT2D eigenvalue weighted by Crippen LogP contribution is -2.48. The molecule has 7 heteroatoms. The largest absolute Gasteiger partial charge is 0.369 e. The number of hydrogen-bond donors (Lipinski definition) is 1. The van der Waals surface area contributed by atoms with Crippen molar-refractivity contribution in [1.29, 1.82) is 0 Å². The van der Waals surface area contributed by atoms with Gasteiger partial charge in [-0.1, -0.05) is 0 Å². The van der Waals surface area contributed by atoms with E-state index in [1.807, 2.05) is 32.0 Å². The minimum atomic E-state index is 0.135. The molecule has 1 N–H and O–H groups in total. The SMILES string of the molecule is CC(=O)N1CCN(c2nc(C)cc(NCCN(C)C)n2)CC1. The first-order valence-corrected chi connectivity index (χ1v) is 7.70. The van der Waals surface area contributed by atoms with Crippen LogP contribution >= 0.6 is 0 Å². The highest BCUT2D eigenvalue weighted by molar-refractivity contribution is 5.73. The Bertz CT molecular complexity index is 511. The second kappa shape index (κ2) is 7.40. The predicted octanol–water partition coefficient (Wildman–Crippen LogP) is 0.427. The molecule has 122 valence electrons. The van der Waals surface area contributed by atoms with E-state index in [1.165, 1.54) is 0 Å². The van der Waals surface area contributed by atoms with Crippen molar-refractivity contribution in [2.75, 3.05) is 63.6 Å². The molecule has 0 atom stereocenters. The number of aromatic nitrogens is 2. The predicted molar refractivity (Wildman–Crippen MR) is 88.3 cm³/mol. The van der Waals surface area contributed by atoms with E-state index in [0.29, 0.717) is 0 Å². The third-order valence-electron chi connectivity index (χ3n) is 3.72. The van der Waals surface area contributed by atoms with Gasteiger partial charge in [-0.25, -0.2) is 4.98 Å². The Hall–Kier alpha value is -1.89. The van der Waals surface area contributed by atoms with Gasteiger partial charge in [0.05, 0.1) is 0 Å². The van der Waals surface area contributed by atoms with Gasteiger partial charge in [-0.2, -0.15) is 4.98 Å². The molecule has 1 fully saturated rings. The standard InChI is InChI=1S/C15H26N6O/c1-12-11-14(16-5-6-19(3)4)18-15(17-12)21-9-7-20(8-10-21)13(2)22/h11H,5-10H2,1-4H3,(H,16,17,18). The molecule has 0 saturated carbocycles. The summed E-state index contributed by atoms with van der Waals surface area (Å²) in [6, 6.07) is 1.96. The Morgan fingerprint density at radius 3 is 2.55 bits per heavy atom. The Balaban J connectivity index is 1.99. The Morgan fingerprint density at radius 1 is 1.27 bits per heavy atom. The van der Waals surface area contributed by atoms with E-state index in [-0.39, 0.29) is 5.91 Å². The molecule has 22 heavy (non-hydrogen) atoms. The van der Waals surface area contributed by atoms with Gasteiger partial charge in [0.2, 0.25) is 11.9 Å². The molecular weight excluding hydrogens is 280 g/mol. The minimum Gasteiger partial charge on any atom is -0.369 e. The summed E-state index contributed by atoms with van der Waals surface area (Å²) < 4.78 is 0. The minimum absolute atomic E-state index is 0.135. The van der Waals surface area contributed by atoms with Crippen molar-refractivity contribution >= 4 is 17.7 Å². The van der Waals surface area contributed by atoms with Gasteiger partial charge in [-0.3, -0.25) is 4.79 Å². The van der Waals surface area contributed by atoms with Crippen molar-refractivity contribution in [3.8, 4) is 0 Å². The fourth-order valence-electron chi connectivity index (χ4n) is 2.41. The lowest BCUT2D eigenvalue weighted by atomic mass is 10.3. The number of hydrogen-bond acceptors (Lipinski definition) is 6. The molecule has 1 aliphatic heterocycles. The summed E-state index contributed by atoms with van der Waals surface area (Å²) in [5, 5.41) is 3.34. The molecule has 0 radical (unpaired) electrons. The number of carbonyl (C=O) groups excluding carboxylic acids is 1.